The number of thiophene rings is 1. The number of nitrogens with zero attached hydrogens (tertiary/aromatic N) is 2. The second kappa shape index (κ2) is 7.54. The maximum absolute atomic E-state index is 14.6. The van der Waals surface area contributed by atoms with E-state index in [-0.39, 0.29) is 11.7 Å². The van der Waals surface area contributed by atoms with Crippen molar-refractivity contribution in [2.75, 3.05) is 30.3 Å². The number of amides is 1. The third-order valence-electron chi connectivity index (χ3n) is 6.31. The highest BCUT2D eigenvalue weighted by molar-refractivity contribution is 7.21. The minimum absolute atomic E-state index is 0.206. The maximum atomic E-state index is 14.6. The van der Waals surface area contributed by atoms with Gasteiger partial charge in [-0.15, -0.1) is 11.3 Å². The molecular formula is C23H25FN4OS. The first-order valence-corrected chi connectivity index (χ1v) is 11.3. The van der Waals surface area contributed by atoms with Gasteiger partial charge in [-0.25, -0.2) is 9.37 Å². The number of carbonyl (C=O) groups is 1. The van der Waals surface area contributed by atoms with Crippen molar-refractivity contribution < 1.29 is 9.18 Å². The Morgan fingerprint density at radius 2 is 2.03 bits per heavy atom. The summed E-state index contributed by atoms with van der Waals surface area (Å²) in [5.41, 5.74) is 9.06. The van der Waals surface area contributed by atoms with E-state index in [2.05, 4.69) is 15.2 Å². The van der Waals surface area contributed by atoms with Gasteiger partial charge in [0.15, 0.2) is 0 Å². The van der Waals surface area contributed by atoms with Gasteiger partial charge in [0.05, 0.1) is 5.69 Å². The van der Waals surface area contributed by atoms with Crippen molar-refractivity contribution in [1.82, 2.24) is 10.3 Å². The summed E-state index contributed by atoms with van der Waals surface area (Å²) in [6, 6.07) is 9.26. The Morgan fingerprint density at radius 1 is 1.27 bits per heavy atom. The van der Waals surface area contributed by atoms with Gasteiger partial charge in [0.25, 0.3) is 5.91 Å². The van der Waals surface area contributed by atoms with Crippen LogP contribution in [0.1, 0.15) is 33.8 Å². The van der Waals surface area contributed by atoms with Crippen LogP contribution in [0.3, 0.4) is 0 Å². The summed E-state index contributed by atoms with van der Waals surface area (Å²) in [5, 5.41) is 3.67. The molecule has 2 aliphatic heterocycles. The molecule has 2 bridgehead atoms. The Balaban J connectivity index is 1.21. The van der Waals surface area contributed by atoms with Crippen molar-refractivity contribution in [3.8, 4) is 0 Å². The zero-order valence-corrected chi connectivity index (χ0v) is 17.8. The molecule has 4 heterocycles. The molecule has 6 rings (SSSR count). The fraction of sp³-hybridized carbons (Fsp3) is 0.391. The highest BCUT2D eigenvalue weighted by Gasteiger charge is 2.37. The number of anilines is 2. The average molecular weight is 425 g/mol. The van der Waals surface area contributed by atoms with Gasteiger partial charge in [-0.05, 0) is 67.9 Å². The standard InChI is InChI=1S/C23H25FN4OS/c1-13-2-5-18-20(25)21(30-23(18)27-13)22(29)26-7-6-16-3-4-17(10-19(16)24)28-11-14-8-15(9-14)12-28/h2-5,10,14-15H,6-9,11-12,25H2,1H3,(H,26,29). The van der Waals surface area contributed by atoms with Crippen LogP contribution < -0.4 is 16.0 Å². The first-order chi connectivity index (χ1) is 14.5. The number of fused-ring (bicyclic) bond motifs is 3. The molecule has 1 aromatic carbocycles. The number of aryl methyl sites for hydroxylation is 1. The fourth-order valence-corrected chi connectivity index (χ4v) is 5.72. The summed E-state index contributed by atoms with van der Waals surface area (Å²) in [5.74, 6) is 1.11. The van der Waals surface area contributed by atoms with Gasteiger partial charge in [0, 0.05) is 36.4 Å². The number of nitrogen functional groups attached to an aromatic ring is 1. The number of carbonyl (C=O) groups excluding carboxylic acids is 1. The first-order valence-electron chi connectivity index (χ1n) is 10.4. The number of nitrogens with two attached hydrogens (primary N) is 1. The molecule has 3 fully saturated rings. The summed E-state index contributed by atoms with van der Waals surface area (Å²) in [7, 11) is 0. The van der Waals surface area contributed by atoms with E-state index in [0.717, 1.165) is 46.5 Å². The SMILES string of the molecule is Cc1ccc2c(N)c(C(=O)NCCc3ccc(N4CC5CC(C5)C4)cc3F)sc2n1. The Kier molecular flexibility index (Phi) is 4.85. The molecule has 5 nitrogen and oxygen atoms in total. The van der Waals surface area contributed by atoms with E-state index in [1.54, 1.807) is 6.07 Å². The van der Waals surface area contributed by atoms with Crippen LogP contribution in [0.5, 0.6) is 0 Å². The third-order valence-corrected chi connectivity index (χ3v) is 7.43. The number of pyridine rings is 1. The largest absolute Gasteiger partial charge is 0.397 e. The summed E-state index contributed by atoms with van der Waals surface area (Å²) in [6.07, 6.45) is 3.10. The Labute approximate surface area is 179 Å². The van der Waals surface area contributed by atoms with Gasteiger partial charge in [-0.3, -0.25) is 4.79 Å². The molecule has 3 N–H and O–H groups in total. The van der Waals surface area contributed by atoms with Crippen LogP contribution in [0.15, 0.2) is 30.3 Å². The van der Waals surface area contributed by atoms with E-state index in [9.17, 15) is 9.18 Å². The Bertz CT molecular complexity index is 1110. The van der Waals surface area contributed by atoms with E-state index >= 15 is 0 Å². The predicted octanol–water partition coefficient (Wildman–Crippen LogP) is 4.14. The maximum Gasteiger partial charge on any atom is 0.263 e. The quantitative estimate of drug-likeness (QED) is 0.646. The number of aromatic nitrogens is 1. The zero-order chi connectivity index (χ0) is 20.8. The van der Waals surface area contributed by atoms with Crippen molar-refractivity contribution in [2.24, 2.45) is 11.8 Å². The molecule has 0 spiro atoms. The molecule has 1 amide bonds. The summed E-state index contributed by atoms with van der Waals surface area (Å²) in [6.45, 7) is 4.33. The van der Waals surface area contributed by atoms with Crippen molar-refractivity contribution >= 4 is 38.8 Å². The van der Waals surface area contributed by atoms with Crippen molar-refractivity contribution in [2.45, 2.75) is 26.2 Å². The van der Waals surface area contributed by atoms with Crippen LogP contribution in [0.25, 0.3) is 10.2 Å². The van der Waals surface area contributed by atoms with Crippen LogP contribution >= 0.6 is 11.3 Å². The van der Waals surface area contributed by atoms with Gasteiger partial charge in [0.1, 0.15) is 15.5 Å². The van der Waals surface area contributed by atoms with E-state index < -0.39 is 0 Å². The molecule has 2 saturated heterocycles. The summed E-state index contributed by atoms with van der Waals surface area (Å²) < 4.78 is 14.6. The minimum Gasteiger partial charge on any atom is -0.397 e. The second-order valence-corrected chi connectivity index (χ2v) is 9.54. The van der Waals surface area contributed by atoms with Crippen molar-refractivity contribution in [3.63, 3.8) is 0 Å². The number of hydrogen-bond acceptors (Lipinski definition) is 5. The van der Waals surface area contributed by atoms with E-state index in [0.29, 0.717) is 29.1 Å². The highest BCUT2D eigenvalue weighted by Crippen LogP contribution is 2.41. The molecule has 30 heavy (non-hydrogen) atoms. The lowest BCUT2D eigenvalue weighted by atomic mass is 9.71. The van der Waals surface area contributed by atoms with Crippen molar-refractivity contribution in [1.29, 1.82) is 0 Å². The lowest BCUT2D eigenvalue weighted by molar-refractivity contribution is 0.0959. The molecule has 1 aliphatic carbocycles. The number of halogens is 1. The molecule has 0 unspecified atom stereocenters. The second-order valence-electron chi connectivity index (χ2n) is 8.54. The van der Waals surface area contributed by atoms with E-state index in [1.807, 2.05) is 31.2 Å². The minimum atomic E-state index is -0.238. The molecule has 1 saturated carbocycles. The van der Waals surface area contributed by atoms with Crippen LogP contribution in [0.2, 0.25) is 0 Å². The van der Waals surface area contributed by atoms with Gasteiger partial charge in [-0.1, -0.05) is 6.07 Å². The molecule has 0 radical (unpaired) electrons. The number of piperidine rings is 2. The van der Waals surface area contributed by atoms with E-state index in [1.165, 1.54) is 24.2 Å². The van der Waals surface area contributed by atoms with Gasteiger partial charge in [0.2, 0.25) is 0 Å². The molecule has 3 aromatic rings. The normalized spacial score (nSPS) is 20.3. The Morgan fingerprint density at radius 3 is 2.77 bits per heavy atom. The zero-order valence-electron chi connectivity index (χ0n) is 17.0. The van der Waals surface area contributed by atoms with Gasteiger partial charge in [-0.2, -0.15) is 0 Å². The highest BCUT2D eigenvalue weighted by atomic mass is 32.1. The third kappa shape index (κ3) is 3.51. The lowest BCUT2D eigenvalue weighted by Gasteiger charge is -2.48. The Hall–Kier alpha value is -2.67. The predicted molar refractivity (Wildman–Crippen MR) is 120 cm³/mol. The molecule has 3 aliphatic rings. The summed E-state index contributed by atoms with van der Waals surface area (Å²) >= 11 is 1.29. The van der Waals surface area contributed by atoms with Crippen molar-refractivity contribution in [3.05, 3.63) is 52.3 Å². The first kappa shape index (κ1) is 19.3. The molecule has 0 atom stereocenters. The molecule has 2 aromatic heterocycles. The van der Waals surface area contributed by atoms with Crippen LogP contribution in [-0.4, -0.2) is 30.5 Å². The molecule has 7 heteroatoms. The van der Waals surface area contributed by atoms with Gasteiger partial charge >= 0.3 is 0 Å². The lowest BCUT2D eigenvalue weighted by Crippen LogP contribution is -2.48. The van der Waals surface area contributed by atoms with Crippen LogP contribution in [0.4, 0.5) is 15.8 Å². The average Bonchev–Trinajstić information content (AvgIpc) is 3.04. The van der Waals surface area contributed by atoms with E-state index in [4.69, 9.17) is 5.73 Å². The number of hydrogen-bond donors (Lipinski definition) is 2. The number of rotatable bonds is 5. The smallest absolute Gasteiger partial charge is 0.263 e. The number of nitrogens with one attached hydrogen (secondary N) is 1. The van der Waals surface area contributed by atoms with Gasteiger partial charge < -0.3 is 16.0 Å². The fourth-order valence-electron chi connectivity index (χ4n) is 4.67. The summed E-state index contributed by atoms with van der Waals surface area (Å²) in [4.78, 5) is 20.5. The monoisotopic (exact) mass is 424 g/mol. The molecule has 156 valence electrons. The van der Waals surface area contributed by atoms with Crippen LogP contribution in [-0.2, 0) is 6.42 Å². The van der Waals surface area contributed by atoms with Crippen LogP contribution in [0, 0.1) is 24.6 Å². The molecular weight excluding hydrogens is 399 g/mol. The number of benzene rings is 1. The topological polar surface area (TPSA) is 71.2 Å².